The van der Waals surface area contributed by atoms with Gasteiger partial charge in [-0.25, -0.2) is 9.97 Å². The van der Waals surface area contributed by atoms with E-state index in [-0.39, 0.29) is 0 Å². The van der Waals surface area contributed by atoms with Crippen LogP contribution in [0, 0.1) is 0 Å². The molecule has 0 saturated heterocycles. The molecule has 4 aliphatic heterocycles. The maximum Gasteiger partial charge on any atom is 0.132 e. The van der Waals surface area contributed by atoms with Crippen molar-refractivity contribution in [3.8, 4) is 45.5 Å². The van der Waals surface area contributed by atoms with Gasteiger partial charge >= 0.3 is 0 Å². The third-order valence-electron chi connectivity index (χ3n) is 13.4. The van der Waals surface area contributed by atoms with Crippen LogP contribution in [0.15, 0.2) is 97.1 Å². The van der Waals surface area contributed by atoms with Gasteiger partial charge in [0, 0.05) is 34.0 Å². The molecular formula is C60H80N2O4. The Morgan fingerprint density at radius 1 is 0.288 bits per heavy atom. The van der Waals surface area contributed by atoms with Crippen LogP contribution < -0.4 is 18.9 Å². The lowest BCUT2D eigenvalue weighted by molar-refractivity contribution is 0.290. The molecule has 5 aromatic rings. The summed E-state index contributed by atoms with van der Waals surface area (Å²) in [6.45, 7) is 2.78. The molecule has 66 heavy (non-hydrogen) atoms. The quantitative estimate of drug-likeness (QED) is 0.114. The van der Waals surface area contributed by atoms with Crippen LogP contribution >= 0.6 is 0 Å². The van der Waals surface area contributed by atoms with Gasteiger partial charge in [-0.05, 0) is 113 Å². The molecule has 0 fully saturated rings. The summed E-state index contributed by atoms with van der Waals surface area (Å²) in [5.41, 5.74) is 5.45. The first kappa shape index (κ1) is 49.1. The summed E-state index contributed by atoms with van der Waals surface area (Å²) >= 11 is 0. The Kier molecular flexibility index (Phi) is 21.6. The van der Waals surface area contributed by atoms with Gasteiger partial charge in [0.2, 0.25) is 0 Å². The standard InChI is InChI=1S/C60H80N2O4/c1-2-6-10-14-18-22-26-30-44-64-52-38-40-54-56-42-36-50-34-33-49-35-41-55(61-59(49)60(50)62-56)53-39-37-51(63-43-29-25-21-17-13-9-5-1)47-57(53)65-45-31-27-23-19-15-11-7-3-4-8-12-16-20-24-28-32-46-66-58(54)48-52/h1-4,33-42,47-48H,5-32,43-46H2/b2-1+,4-3+. The van der Waals surface area contributed by atoms with E-state index >= 15 is 0 Å². The highest BCUT2D eigenvalue weighted by atomic mass is 16.5. The number of nitrogens with zero attached hydrogens (tertiary/aromatic N) is 2. The van der Waals surface area contributed by atoms with E-state index < -0.39 is 0 Å². The molecule has 6 heterocycles. The largest absolute Gasteiger partial charge is 0.493 e. The van der Waals surface area contributed by atoms with Gasteiger partial charge in [-0.15, -0.1) is 0 Å². The average Bonchev–Trinajstić information content (AvgIpc) is 3.34. The molecular weight excluding hydrogens is 813 g/mol. The zero-order valence-electron chi connectivity index (χ0n) is 40.4. The highest BCUT2D eigenvalue weighted by Gasteiger charge is 2.16. The molecule has 0 radical (unpaired) electrons. The lowest BCUT2D eigenvalue weighted by Crippen LogP contribution is -2.02. The minimum atomic E-state index is 0.671. The van der Waals surface area contributed by atoms with Crippen molar-refractivity contribution in [2.75, 3.05) is 26.4 Å². The van der Waals surface area contributed by atoms with Crippen molar-refractivity contribution in [3.63, 3.8) is 0 Å². The van der Waals surface area contributed by atoms with Crippen molar-refractivity contribution in [1.82, 2.24) is 9.97 Å². The van der Waals surface area contributed by atoms with Crippen LogP contribution in [0.5, 0.6) is 23.0 Å². The molecule has 0 unspecified atom stereocenters. The zero-order chi connectivity index (χ0) is 45.1. The number of hydrogen-bond acceptors (Lipinski definition) is 6. The number of pyridine rings is 2. The molecule has 2 aromatic heterocycles. The van der Waals surface area contributed by atoms with Crippen LogP contribution in [-0.4, -0.2) is 36.4 Å². The van der Waals surface area contributed by atoms with Crippen molar-refractivity contribution in [2.45, 2.75) is 180 Å². The number of ether oxygens (including phenoxy) is 4. The van der Waals surface area contributed by atoms with Crippen LogP contribution in [0.3, 0.4) is 0 Å². The summed E-state index contributed by atoms with van der Waals surface area (Å²) in [5.74, 6) is 3.37. The number of hydrogen-bond donors (Lipinski definition) is 0. The van der Waals surface area contributed by atoms with Crippen LogP contribution in [0.1, 0.15) is 180 Å². The predicted molar refractivity (Wildman–Crippen MR) is 277 cm³/mol. The molecule has 0 N–H and O–H groups in total. The summed E-state index contributed by atoms with van der Waals surface area (Å²) in [4.78, 5) is 10.7. The molecule has 354 valence electrons. The number of benzene rings is 3. The van der Waals surface area contributed by atoms with E-state index in [1.165, 1.54) is 154 Å². The molecule has 9 rings (SSSR count). The summed E-state index contributed by atoms with van der Waals surface area (Å²) in [5, 5.41) is 2.11. The second-order valence-electron chi connectivity index (χ2n) is 18.9. The summed E-state index contributed by atoms with van der Waals surface area (Å²) in [7, 11) is 0. The number of rotatable bonds is 0. The summed E-state index contributed by atoms with van der Waals surface area (Å²) in [6.07, 6.45) is 44.0. The number of aromatic nitrogens is 2. The van der Waals surface area contributed by atoms with Gasteiger partial charge in [-0.3, -0.25) is 0 Å². The van der Waals surface area contributed by atoms with Crippen molar-refractivity contribution >= 4 is 21.8 Å². The molecule has 0 spiro atoms. The Bertz CT molecular complexity index is 2070. The van der Waals surface area contributed by atoms with E-state index in [0.29, 0.717) is 26.4 Å². The Balaban J connectivity index is 1.17. The van der Waals surface area contributed by atoms with E-state index in [2.05, 4.69) is 97.1 Å². The smallest absolute Gasteiger partial charge is 0.132 e. The van der Waals surface area contributed by atoms with Crippen molar-refractivity contribution in [1.29, 1.82) is 0 Å². The van der Waals surface area contributed by atoms with Gasteiger partial charge in [0.05, 0.1) is 48.8 Å². The molecule has 3 aromatic carbocycles. The molecule has 6 heteroatoms. The predicted octanol–water partition coefficient (Wildman–Crippen LogP) is 17.7. The first-order chi connectivity index (χ1) is 32.8. The van der Waals surface area contributed by atoms with Crippen LogP contribution in [0.4, 0.5) is 0 Å². The SMILES string of the molecule is C1=C/CCCCCCCCOc2ccc3c(c2)OCCCCCCCC/C=C/CCCCCCCCOc2cc(ccc2-c2ccc4ccc5ccc-3nc5c4n2)OCCCCCCCC/1. The highest BCUT2D eigenvalue weighted by Crippen LogP contribution is 2.37. The van der Waals surface area contributed by atoms with Crippen molar-refractivity contribution in [3.05, 3.63) is 97.1 Å². The lowest BCUT2D eigenvalue weighted by atomic mass is 10.0. The van der Waals surface area contributed by atoms with Gasteiger partial charge in [-0.2, -0.15) is 0 Å². The molecule has 10 bridgehead atoms. The first-order valence-corrected chi connectivity index (χ1v) is 26.6. The molecule has 0 amide bonds. The van der Waals surface area contributed by atoms with Crippen molar-refractivity contribution < 1.29 is 18.9 Å². The third-order valence-corrected chi connectivity index (χ3v) is 13.4. The van der Waals surface area contributed by atoms with E-state index in [4.69, 9.17) is 28.9 Å². The van der Waals surface area contributed by atoms with E-state index in [9.17, 15) is 0 Å². The van der Waals surface area contributed by atoms with E-state index in [0.717, 1.165) is 93.0 Å². The zero-order valence-corrected chi connectivity index (χ0v) is 40.4. The van der Waals surface area contributed by atoms with Crippen LogP contribution in [0.25, 0.3) is 44.3 Å². The molecule has 0 saturated carbocycles. The van der Waals surface area contributed by atoms with Crippen LogP contribution in [-0.2, 0) is 0 Å². The monoisotopic (exact) mass is 893 g/mol. The summed E-state index contributed by atoms with van der Waals surface area (Å²) in [6, 6.07) is 25.5. The van der Waals surface area contributed by atoms with Crippen LogP contribution in [0.2, 0.25) is 0 Å². The van der Waals surface area contributed by atoms with E-state index in [1.54, 1.807) is 0 Å². The second-order valence-corrected chi connectivity index (χ2v) is 18.9. The lowest BCUT2D eigenvalue weighted by Gasteiger charge is -2.16. The molecule has 0 aliphatic carbocycles. The normalized spacial score (nSPS) is 19.5. The maximum atomic E-state index is 6.65. The highest BCUT2D eigenvalue weighted by molar-refractivity contribution is 6.04. The van der Waals surface area contributed by atoms with Gasteiger partial charge in [0.1, 0.15) is 23.0 Å². The maximum absolute atomic E-state index is 6.65. The summed E-state index contributed by atoms with van der Waals surface area (Å²) < 4.78 is 26.0. The number of allylic oxidation sites excluding steroid dienone is 4. The Morgan fingerprint density at radius 3 is 0.955 bits per heavy atom. The fourth-order valence-electron chi connectivity index (χ4n) is 9.42. The average molecular weight is 893 g/mol. The Hall–Kier alpha value is -4.84. The first-order valence-electron chi connectivity index (χ1n) is 26.6. The molecule has 0 atom stereocenters. The molecule has 4 aliphatic rings. The Morgan fingerprint density at radius 2 is 0.591 bits per heavy atom. The van der Waals surface area contributed by atoms with Gasteiger partial charge in [-0.1, -0.05) is 151 Å². The minimum Gasteiger partial charge on any atom is -0.493 e. The van der Waals surface area contributed by atoms with E-state index in [1.807, 2.05) is 0 Å². The van der Waals surface area contributed by atoms with Crippen molar-refractivity contribution in [2.24, 2.45) is 0 Å². The fourth-order valence-corrected chi connectivity index (χ4v) is 9.42. The fraction of sp³-hybridized carbons (Fsp3) is 0.533. The van der Waals surface area contributed by atoms with Gasteiger partial charge < -0.3 is 18.9 Å². The molecule has 6 nitrogen and oxygen atoms in total. The van der Waals surface area contributed by atoms with Gasteiger partial charge in [0.25, 0.3) is 0 Å². The topological polar surface area (TPSA) is 62.7 Å². The second kappa shape index (κ2) is 29.0. The third kappa shape index (κ3) is 16.5. The minimum absolute atomic E-state index is 0.671. The van der Waals surface area contributed by atoms with Gasteiger partial charge in [0.15, 0.2) is 0 Å². The Labute approximate surface area is 398 Å².